The lowest BCUT2D eigenvalue weighted by Crippen LogP contribution is -2.39. The van der Waals surface area contributed by atoms with E-state index in [4.69, 9.17) is 4.74 Å². The Morgan fingerprint density at radius 2 is 2.12 bits per heavy atom. The van der Waals surface area contributed by atoms with Gasteiger partial charge in [0, 0.05) is 19.7 Å². The monoisotopic (exact) mass is 495 g/mol. The summed E-state index contributed by atoms with van der Waals surface area (Å²) in [5.41, 5.74) is -0.0233. The highest BCUT2D eigenvalue weighted by Gasteiger charge is 2.23. The lowest BCUT2D eigenvalue weighted by Gasteiger charge is -2.22. The lowest BCUT2D eigenvalue weighted by molar-refractivity contribution is 0.0276. The fourth-order valence-electron chi connectivity index (χ4n) is 3.00. The number of rotatable bonds is 9. The van der Waals surface area contributed by atoms with Gasteiger partial charge in [-0.3, -0.25) is 0 Å². The van der Waals surface area contributed by atoms with Crippen molar-refractivity contribution in [1.29, 1.82) is 0 Å². The summed E-state index contributed by atoms with van der Waals surface area (Å²) >= 11 is 1.59. The molecule has 1 saturated carbocycles. The van der Waals surface area contributed by atoms with Gasteiger partial charge in [-0.25, -0.2) is 4.99 Å². The summed E-state index contributed by atoms with van der Waals surface area (Å²) in [5, 5.41) is 21.1. The van der Waals surface area contributed by atoms with E-state index in [1.165, 1.54) is 32.1 Å². The van der Waals surface area contributed by atoms with E-state index >= 15 is 0 Å². The molecule has 1 aromatic rings. The van der Waals surface area contributed by atoms with E-state index in [9.17, 15) is 5.11 Å². The molecule has 3 N–H and O–H groups in total. The van der Waals surface area contributed by atoms with Crippen molar-refractivity contribution < 1.29 is 9.84 Å². The van der Waals surface area contributed by atoms with Crippen molar-refractivity contribution in [1.82, 2.24) is 10.6 Å². The first-order valence-electron chi connectivity index (χ1n) is 9.50. The molecule has 0 aliphatic heterocycles. The largest absolute Gasteiger partial charge is 0.383 e. The topological polar surface area (TPSA) is 65.9 Å². The number of guanidine groups is 1. The predicted octanol–water partition coefficient (Wildman–Crippen LogP) is 3.87. The number of nitrogens with zero attached hydrogens (tertiary/aromatic N) is 1. The first-order chi connectivity index (χ1) is 12.1. The van der Waals surface area contributed by atoms with Crippen LogP contribution in [0.15, 0.2) is 21.8 Å². The molecule has 1 fully saturated rings. The average molecular weight is 495 g/mol. The van der Waals surface area contributed by atoms with Crippen molar-refractivity contribution in [3.05, 3.63) is 22.4 Å². The van der Waals surface area contributed by atoms with Crippen molar-refractivity contribution in [2.45, 2.75) is 64.1 Å². The third-order valence-corrected chi connectivity index (χ3v) is 5.23. The van der Waals surface area contributed by atoms with Crippen LogP contribution in [0.25, 0.3) is 0 Å². The highest BCUT2D eigenvalue weighted by Crippen LogP contribution is 2.23. The summed E-state index contributed by atoms with van der Waals surface area (Å²) in [6, 6.07) is 1.95. The van der Waals surface area contributed by atoms with Crippen LogP contribution < -0.4 is 10.6 Å². The summed E-state index contributed by atoms with van der Waals surface area (Å²) in [6.07, 6.45) is 7.84. The molecule has 5 nitrogen and oxygen atoms in total. The first-order valence-corrected chi connectivity index (χ1v) is 10.4. The summed E-state index contributed by atoms with van der Waals surface area (Å²) in [4.78, 5) is 4.54. The van der Waals surface area contributed by atoms with Gasteiger partial charge in [-0.2, -0.15) is 11.3 Å². The number of thiophene rings is 1. The van der Waals surface area contributed by atoms with Crippen molar-refractivity contribution in [2.75, 3.05) is 26.2 Å². The van der Waals surface area contributed by atoms with Crippen LogP contribution in [0, 0.1) is 0 Å². The smallest absolute Gasteiger partial charge is 0.191 e. The Balaban J connectivity index is 0.00000338. The SMILES string of the molecule is CCNC(=NCC(C)(O)c1ccsc1)NCCCOC1CCCCC1.I. The molecule has 0 amide bonds. The van der Waals surface area contributed by atoms with E-state index in [-0.39, 0.29) is 24.0 Å². The van der Waals surface area contributed by atoms with E-state index in [1.807, 2.05) is 23.8 Å². The van der Waals surface area contributed by atoms with E-state index in [0.29, 0.717) is 12.6 Å². The van der Waals surface area contributed by atoms with Gasteiger partial charge in [0.2, 0.25) is 0 Å². The van der Waals surface area contributed by atoms with Crippen LogP contribution in [0.1, 0.15) is 57.9 Å². The summed E-state index contributed by atoms with van der Waals surface area (Å²) < 4.78 is 5.95. The Bertz CT molecular complexity index is 503. The minimum atomic E-state index is -0.938. The minimum Gasteiger partial charge on any atom is -0.383 e. The third-order valence-electron chi connectivity index (χ3n) is 4.55. The summed E-state index contributed by atoms with van der Waals surface area (Å²) in [6.45, 7) is 6.59. The number of hydrogen-bond donors (Lipinski definition) is 3. The number of nitrogens with one attached hydrogen (secondary N) is 2. The molecular weight excluding hydrogens is 461 g/mol. The molecule has 1 aliphatic carbocycles. The van der Waals surface area contributed by atoms with Crippen LogP contribution in [0.4, 0.5) is 0 Å². The van der Waals surface area contributed by atoms with Gasteiger partial charge in [-0.1, -0.05) is 19.3 Å². The quantitative estimate of drug-likeness (QED) is 0.211. The van der Waals surface area contributed by atoms with E-state index < -0.39 is 5.60 Å². The number of hydrogen-bond acceptors (Lipinski definition) is 4. The number of ether oxygens (including phenoxy) is 1. The van der Waals surface area contributed by atoms with E-state index in [1.54, 1.807) is 18.3 Å². The number of aliphatic hydroxyl groups is 1. The van der Waals surface area contributed by atoms with Crippen molar-refractivity contribution >= 4 is 41.3 Å². The molecule has 0 radical (unpaired) electrons. The summed E-state index contributed by atoms with van der Waals surface area (Å²) in [5.74, 6) is 0.746. The molecule has 1 atom stereocenters. The van der Waals surface area contributed by atoms with E-state index in [2.05, 4.69) is 15.6 Å². The Labute approximate surface area is 179 Å². The molecule has 26 heavy (non-hydrogen) atoms. The maximum atomic E-state index is 10.6. The molecule has 1 heterocycles. The summed E-state index contributed by atoms with van der Waals surface area (Å²) in [7, 11) is 0. The zero-order valence-electron chi connectivity index (χ0n) is 16.0. The van der Waals surface area contributed by atoms with E-state index in [0.717, 1.165) is 37.6 Å². The van der Waals surface area contributed by atoms with Crippen LogP contribution >= 0.6 is 35.3 Å². The maximum Gasteiger partial charge on any atom is 0.191 e. The highest BCUT2D eigenvalue weighted by atomic mass is 127. The van der Waals surface area contributed by atoms with Crippen molar-refractivity contribution in [2.24, 2.45) is 4.99 Å². The Hall–Kier alpha value is -0.380. The molecule has 0 aromatic carbocycles. The molecule has 1 unspecified atom stereocenters. The normalized spacial score (nSPS) is 18.0. The van der Waals surface area contributed by atoms with Crippen LogP contribution in [-0.2, 0) is 10.3 Å². The van der Waals surface area contributed by atoms with Crippen molar-refractivity contribution in [3.8, 4) is 0 Å². The van der Waals surface area contributed by atoms with Gasteiger partial charge in [-0.05, 0) is 55.5 Å². The van der Waals surface area contributed by atoms with Gasteiger partial charge < -0.3 is 20.5 Å². The molecule has 0 saturated heterocycles. The fourth-order valence-corrected chi connectivity index (χ4v) is 3.78. The average Bonchev–Trinajstić information content (AvgIpc) is 3.16. The van der Waals surface area contributed by atoms with Crippen LogP contribution in [-0.4, -0.2) is 43.4 Å². The molecule has 1 aliphatic rings. The molecule has 150 valence electrons. The van der Waals surface area contributed by atoms with Crippen LogP contribution in [0.2, 0.25) is 0 Å². The van der Waals surface area contributed by atoms with Gasteiger partial charge in [0.25, 0.3) is 0 Å². The second kappa shape index (κ2) is 12.9. The van der Waals surface area contributed by atoms with Gasteiger partial charge >= 0.3 is 0 Å². The zero-order valence-corrected chi connectivity index (χ0v) is 19.1. The fraction of sp³-hybridized carbons (Fsp3) is 0.737. The first kappa shape index (κ1) is 23.7. The molecule has 2 rings (SSSR count). The van der Waals surface area contributed by atoms with Crippen LogP contribution in [0.3, 0.4) is 0 Å². The van der Waals surface area contributed by atoms with Gasteiger partial charge in [0.05, 0.1) is 12.6 Å². The molecular formula is C19H34IN3O2S. The molecule has 7 heteroatoms. The molecule has 0 bridgehead atoms. The van der Waals surface area contributed by atoms with Gasteiger partial charge in [0.1, 0.15) is 5.60 Å². The second-order valence-corrected chi connectivity index (χ2v) is 7.67. The standard InChI is InChI=1S/C19H33N3O2S.HI/c1-3-20-18(22-15-19(2,23)16-10-13-25-14-16)21-11-7-12-24-17-8-5-4-6-9-17;/h10,13-14,17,23H,3-9,11-12,15H2,1-2H3,(H2,20,21,22);1H. The van der Waals surface area contributed by atoms with Crippen LogP contribution in [0.5, 0.6) is 0 Å². The lowest BCUT2D eigenvalue weighted by atomic mass is 9.98. The highest BCUT2D eigenvalue weighted by molar-refractivity contribution is 14.0. The third kappa shape index (κ3) is 8.54. The van der Waals surface area contributed by atoms with Gasteiger partial charge in [-0.15, -0.1) is 24.0 Å². The Morgan fingerprint density at radius 1 is 1.35 bits per heavy atom. The Morgan fingerprint density at radius 3 is 2.77 bits per heavy atom. The van der Waals surface area contributed by atoms with Gasteiger partial charge in [0.15, 0.2) is 5.96 Å². The number of halogens is 1. The molecule has 0 spiro atoms. The maximum absolute atomic E-state index is 10.6. The number of aliphatic imine (C=N–C) groups is 1. The molecule has 1 aromatic heterocycles. The second-order valence-electron chi connectivity index (χ2n) is 6.89. The van der Waals surface area contributed by atoms with Crippen molar-refractivity contribution in [3.63, 3.8) is 0 Å². The predicted molar refractivity (Wildman–Crippen MR) is 121 cm³/mol. The minimum absolute atomic E-state index is 0. The zero-order chi connectivity index (χ0) is 18.0. The Kier molecular flexibility index (Phi) is 11.7.